The van der Waals surface area contributed by atoms with E-state index in [2.05, 4.69) is 15.6 Å². The van der Waals surface area contributed by atoms with Gasteiger partial charge in [0.15, 0.2) is 0 Å². The van der Waals surface area contributed by atoms with Crippen molar-refractivity contribution in [3.05, 3.63) is 10.7 Å². The molecule has 0 saturated heterocycles. The molecule has 0 unspecified atom stereocenters. The fourth-order valence-electron chi connectivity index (χ4n) is 0.922. The molecule has 1 rings (SSSR count). The van der Waals surface area contributed by atoms with Gasteiger partial charge in [0.05, 0.1) is 11.4 Å². The van der Waals surface area contributed by atoms with Crippen molar-refractivity contribution >= 4 is 23.8 Å². The number of thioether (sulfide) groups is 1. The predicted octanol–water partition coefficient (Wildman–Crippen LogP) is 0.241. The fourth-order valence-corrected chi connectivity index (χ4v) is 1.83. The average Bonchev–Trinajstić information content (AvgIpc) is 2.24. The maximum atomic E-state index is 11.3. The third kappa shape index (κ3) is 2.79. The second-order valence-electron chi connectivity index (χ2n) is 2.90. The van der Waals surface area contributed by atoms with Crippen molar-refractivity contribution in [1.29, 1.82) is 0 Å². The number of amides is 2. The van der Waals surface area contributed by atoms with Crippen LogP contribution in [0.3, 0.4) is 0 Å². The highest BCUT2D eigenvalue weighted by molar-refractivity contribution is 8.03. The summed E-state index contributed by atoms with van der Waals surface area (Å²) in [5.74, 6) is 0.371. The zero-order chi connectivity index (χ0) is 11.4. The first kappa shape index (κ1) is 11.7. The van der Waals surface area contributed by atoms with E-state index in [1.807, 2.05) is 0 Å². The number of nitrogens with zero attached hydrogens (tertiary/aromatic N) is 1. The third-order valence-corrected chi connectivity index (χ3v) is 3.05. The number of carbonyl (C=O) groups excluding carboxylic acids is 2. The van der Waals surface area contributed by atoms with Crippen LogP contribution >= 0.6 is 11.8 Å². The van der Waals surface area contributed by atoms with Crippen LogP contribution in [-0.2, 0) is 9.63 Å². The minimum atomic E-state index is -0.574. The van der Waals surface area contributed by atoms with E-state index in [9.17, 15) is 9.59 Å². The van der Waals surface area contributed by atoms with Crippen molar-refractivity contribution in [3.63, 3.8) is 0 Å². The summed E-state index contributed by atoms with van der Waals surface area (Å²) < 4.78 is 0. The molecule has 15 heavy (non-hydrogen) atoms. The second kappa shape index (κ2) is 4.92. The average molecular weight is 231 g/mol. The SMILES string of the molecule is CNC(=O)ONC1=C(C)N(C)C(=O)CS1. The van der Waals surface area contributed by atoms with E-state index >= 15 is 0 Å². The van der Waals surface area contributed by atoms with Gasteiger partial charge in [0, 0.05) is 14.1 Å². The smallest absolute Gasteiger partial charge is 0.324 e. The first-order valence-electron chi connectivity index (χ1n) is 4.31. The van der Waals surface area contributed by atoms with Crippen LogP contribution in [0.4, 0.5) is 4.79 Å². The third-order valence-electron chi connectivity index (χ3n) is 1.99. The molecule has 6 nitrogen and oxygen atoms in total. The Morgan fingerprint density at radius 3 is 2.87 bits per heavy atom. The van der Waals surface area contributed by atoms with E-state index in [4.69, 9.17) is 0 Å². The van der Waals surface area contributed by atoms with Crippen molar-refractivity contribution < 1.29 is 14.4 Å². The molecule has 0 aliphatic carbocycles. The van der Waals surface area contributed by atoms with E-state index in [1.54, 1.807) is 14.0 Å². The molecule has 1 aliphatic rings. The van der Waals surface area contributed by atoms with Crippen LogP contribution in [0.15, 0.2) is 10.7 Å². The molecule has 7 heteroatoms. The van der Waals surface area contributed by atoms with Gasteiger partial charge >= 0.3 is 6.09 Å². The first-order valence-corrected chi connectivity index (χ1v) is 5.29. The lowest BCUT2D eigenvalue weighted by Crippen LogP contribution is -2.35. The van der Waals surface area contributed by atoms with Crippen LogP contribution in [0.2, 0.25) is 0 Å². The summed E-state index contributed by atoms with van der Waals surface area (Å²) in [6.07, 6.45) is -0.574. The van der Waals surface area contributed by atoms with E-state index in [0.29, 0.717) is 10.8 Å². The zero-order valence-electron chi connectivity index (χ0n) is 8.79. The number of hydrogen-bond donors (Lipinski definition) is 2. The Morgan fingerprint density at radius 1 is 1.60 bits per heavy atom. The molecule has 1 aliphatic heterocycles. The molecule has 0 aromatic heterocycles. The Balaban J connectivity index is 2.61. The van der Waals surface area contributed by atoms with Crippen LogP contribution in [0, 0.1) is 0 Å². The Morgan fingerprint density at radius 2 is 2.27 bits per heavy atom. The number of rotatable bonds is 2. The molecule has 0 spiro atoms. The zero-order valence-corrected chi connectivity index (χ0v) is 9.60. The number of hydroxylamine groups is 1. The Bertz CT molecular complexity index is 316. The summed E-state index contributed by atoms with van der Waals surface area (Å²) >= 11 is 1.31. The Kier molecular flexibility index (Phi) is 3.84. The van der Waals surface area contributed by atoms with Gasteiger partial charge in [0.1, 0.15) is 5.03 Å². The van der Waals surface area contributed by atoms with E-state index in [0.717, 1.165) is 5.70 Å². The second-order valence-corrected chi connectivity index (χ2v) is 3.88. The van der Waals surface area contributed by atoms with Gasteiger partial charge in [0.25, 0.3) is 0 Å². The monoisotopic (exact) mass is 231 g/mol. The maximum absolute atomic E-state index is 11.3. The summed E-state index contributed by atoms with van der Waals surface area (Å²) in [6, 6.07) is 0. The molecule has 0 aromatic carbocycles. The van der Waals surface area contributed by atoms with Crippen molar-refractivity contribution in [2.75, 3.05) is 19.8 Å². The molecular formula is C8H13N3O3S. The number of nitrogens with one attached hydrogen (secondary N) is 2. The molecule has 0 atom stereocenters. The molecule has 0 bridgehead atoms. The van der Waals surface area contributed by atoms with Crippen molar-refractivity contribution in [3.8, 4) is 0 Å². The van der Waals surface area contributed by atoms with Gasteiger partial charge in [-0.15, -0.1) is 0 Å². The van der Waals surface area contributed by atoms with Crippen LogP contribution in [0.5, 0.6) is 0 Å². The minimum absolute atomic E-state index is 0.0305. The van der Waals surface area contributed by atoms with Crippen LogP contribution in [0.25, 0.3) is 0 Å². The summed E-state index contributed by atoms with van der Waals surface area (Å²) in [5, 5.41) is 2.97. The molecule has 0 saturated carbocycles. The molecule has 0 radical (unpaired) electrons. The number of carbonyl (C=O) groups is 2. The fraction of sp³-hybridized carbons (Fsp3) is 0.500. The van der Waals surface area contributed by atoms with Gasteiger partial charge in [0.2, 0.25) is 5.91 Å². The molecule has 0 aromatic rings. The quantitative estimate of drug-likeness (QED) is 0.666. The van der Waals surface area contributed by atoms with Gasteiger partial charge < -0.3 is 15.1 Å². The van der Waals surface area contributed by atoms with Gasteiger partial charge in [-0.2, -0.15) is 0 Å². The molecular weight excluding hydrogens is 218 g/mol. The van der Waals surface area contributed by atoms with Crippen molar-refractivity contribution in [1.82, 2.24) is 15.7 Å². The van der Waals surface area contributed by atoms with Gasteiger partial charge in [-0.25, -0.2) is 10.3 Å². The molecule has 0 fully saturated rings. The number of hydrogen-bond acceptors (Lipinski definition) is 5. The summed E-state index contributed by atoms with van der Waals surface area (Å²) in [4.78, 5) is 28.3. The Hall–Kier alpha value is -1.37. The van der Waals surface area contributed by atoms with E-state index in [1.165, 1.54) is 23.7 Å². The standard InChI is InChI=1S/C8H13N3O3S/c1-5-7(10-14-8(13)9-2)15-4-6(12)11(5)3/h10H,4H2,1-3H3,(H,9,13). The predicted molar refractivity (Wildman–Crippen MR) is 56.6 cm³/mol. The molecule has 2 amide bonds. The first-order chi connectivity index (χ1) is 7.06. The highest BCUT2D eigenvalue weighted by atomic mass is 32.2. The topological polar surface area (TPSA) is 70.7 Å². The number of allylic oxidation sites excluding steroid dienone is 1. The summed E-state index contributed by atoms with van der Waals surface area (Å²) in [6.45, 7) is 1.78. The Labute approximate surface area is 92.0 Å². The normalized spacial score (nSPS) is 16.5. The van der Waals surface area contributed by atoms with Crippen molar-refractivity contribution in [2.45, 2.75) is 6.92 Å². The highest BCUT2D eigenvalue weighted by Crippen LogP contribution is 2.24. The van der Waals surface area contributed by atoms with Gasteiger partial charge in [-0.3, -0.25) is 4.79 Å². The molecule has 84 valence electrons. The summed E-state index contributed by atoms with van der Waals surface area (Å²) in [5.41, 5.74) is 3.25. The van der Waals surface area contributed by atoms with Gasteiger partial charge in [-0.05, 0) is 6.92 Å². The van der Waals surface area contributed by atoms with Gasteiger partial charge in [-0.1, -0.05) is 11.8 Å². The largest absolute Gasteiger partial charge is 0.431 e. The van der Waals surface area contributed by atoms with Crippen LogP contribution < -0.4 is 10.8 Å². The van der Waals surface area contributed by atoms with E-state index in [-0.39, 0.29) is 5.91 Å². The van der Waals surface area contributed by atoms with E-state index < -0.39 is 6.09 Å². The van der Waals surface area contributed by atoms with Crippen LogP contribution in [-0.4, -0.2) is 36.7 Å². The summed E-state index contributed by atoms with van der Waals surface area (Å²) in [7, 11) is 3.15. The minimum Gasteiger partial charge on any atom is -0.324 e. The van der Waals surface area contributed by atoms with Crippen LogP contribution in [0.1, 0.15) is 6.92 Å². The van der Waals surface area contributed by atoms with Crippen molar-refractivity contribution in [2.24, 2.45) is 0 Å². The lowest BCUT2D eigenvalue weighted by molar-refractivity contribution is -0.125. The lowest BCUT2D eigenvalue weighted by atomic mass is 10.4. The molecule has 2 N–H and O–H groups in total. The highest BCUT2D eigenvalue weighted by Gasteiger charge is 2.21. The lowest BCUT2D eigenvalue weighted by Gasteiger charge is -2.25. The molecule has 1 heterocycles. The maximum Gasteiger partial charge on any atom is 0.431 e.